The second-order valence-electron chi connectivity index (χ2n) is 10.3. The van der Waals surface area contributed by atoms with Gasteiger partial charge >= 0.3 is 12.1 Å². The highest BCUT2D eigenvalue weighted by molar-refractivity contribution is 5.97. The van der Waals surface area contributed by atoms with Crippen LogP contribution in [0.1, 0.15) is 40.7 Å². The molecule has 234 valence electrons. The molecule has 0 radical (unpaired) electrons. The first-order valence-corrected chi connectivity index (χ1v) is 13.5. The molecule has 9 nitrogen and oxygen atoms in total. The Morgan fingerprint density at radius 2 is 1.75 bits per heavy atom. The van der Waals surface area contributed by atoms with Crippen LogP contribution in [0.5, 0.6) is 0 Å². The maximum Gasteiger partial charge on any atom is 0.408 e. The summed E-state index contributed by atoms with van der Waals surface area (Å²) < 4.78 is 77.1. The van der Waals surface area contributed by atoms with Gasteiger partial charge in [-0.25, -0.2) is 18.6 Å². The van der Waals surface area contributed by atoms with Gasteiger partial charge in [0.15, 0.2) is 0 Å². The lowest BCUT2D eigenvalue weighted by Crippen LogP contribution is -2.44. The second-order valence-corrected chi connectivity index (χ2v) is 10.3. The molecule has 0 saturated carbocycles. The van der Waals surface area contributed by atoms with Crippen molar-refractivity contribution in [3.63, 3.8) is 0 Å². The molecule has 0 fully saturated rings. The van der Waals surface area contributed by atoms with Crippen LogP contribution in [0.25, 0.3) is 16.8 Å². The van der Waals surface area contributed by atoms with E-state index in [1.165, 1.54) is 17.7 Å². The molecule has 0 saturated heterocycles. The fraction of sp³-hybridized carbons (Fsp3) is 0.333. The first-order valence-electron chi connectivity index (χ1n) is 13.5. The maximum atomic E-state index is 14.9. The van der Waals surface area contributed by atoms with Crippen LogP contribution in [0.3, 0.4) is 0 Å². The maximum absolute atomic E-state index is 14.9. The van der Waals surface area contributed by atoms with Crippen molar-refractivity contribution in [2.45, 2.75) is 51.9 Å². The van der Waals surface area contributed by atoms with Gasteiger partial charge in [0, 0.05) is 48.5 Å². The monoisotopic (exact) mass is 619 g/mol. The highest BCUT2D eigenvalue weighted by Crippen LogP contribution is 2.29. The summed E-state index contributed by atoms with van der Waals surface area (Å²) in [5.41, 5.74) is 1.49. The van der Waals surface area contributed by atoms with Crippen LogP contribution < -0.4 is 16.2 Å². The number of benzene rings is 1. The van der Waals surface area contributed by atoms with Crippen molar-refractivity contribution < 1.29 is 36.3 Å². The highest BCUT2D eigenvalue weighted by Gasteiger charge is 2.38. The van der Waals surface area contributed by atoms with Gasteiger partial charge in [-0.1, -0.05) is 6.92 Å². The summed E-state index contributed by atoms with van der Waals surface area (Å²) in [6.45, 7) is 4.87. The van der Waals surface area contributed by atoms with Crippen LogP contribution in [-0.4, -0.2) is 51.2 Å². The summed E-state index contributed by atoms with van der Waals surface area (Å²) in [4.78, 5) is 43.1. The Morgan fingerprint density at radius 3 is 2.34 bits per heavy atom. The Balaban J connectivity index is 1.65. The molecule has 0 bridgehead atoms. The number of amides is 1. The number of ether oxygens (including phenoxy) is 1. The van der Waals surface area contributed by atoms with Crippen molar-refractivity contribution in [1.82, 2.24) is 19.3 Å². The molecule has 0 aliphatic rings. The minimum atomic E-state index is -4.67. The van der Waals surface area contributed by atoms with Crippen molar-refractivity contribution in [3.8, 4) is 11.1 Å². The number of anilines is 1. The smallest absolute Gasteiger partial charge is 0.408 e. The predicted molar refractivity (Wildman–Crippen MR) is 152 cm³/mol. The van der Waals surface area contributed by atoms with Gasteiger partial charge in [-0.3, -0.25) is 9.59 Å². The minimum Gasteiger partial charge on any atom is -0.467 e. The Hall–Kier alpha value is -4.75. The lowest BCUT2D eigenvalue weighted by molar-refractivity contribution is -0.143. The Kier molecular flexibility index (Phi) is 9.11. The first-order chi connectivity index (χ1) is 20.7. The number of carbonyl (C=O) groups is 2. The van der Waals surface area contributed by atoms with E-state index >= 15 is 0 Å². The molecule has 0 spiro atoms. The number of carbonyl (C=O) groups excluding carboxylic acids is 2. The molecule has 4 aromatic rings. The van der Waals surface area contributed by atoms with Gasteiger partial charge in [0.2, 0.25) is 0 Å². The summed E-state index contributed by atoms with van der Waals surface area (Å²) in [5.74, 6) is -5.10. The number of aromatic nitrogens is 3. The number of hydrogen-bond acceptors (Lipinski definition) is 6. The van der Waals surface area contributed by atoms with E-state index in [0.29, 0.717) is 34.6 Å². The Morgan fingerprint density at radius 1 is 1.09 bits per heavy atom. The molecule has 0 unspecified atom stereocenters. The molecule has 0 aliphatic carbocycles. The lowest BCUT2D eigenvalue weighted by atomic mass is 10.0. The van der Waals surface area contributed by atoms with E-state index in [1.54, 1.807) is 36.7 Å². The van der Waals surface area contributed by atoms with E-state index in [2.05, 4.69) is 10.3 Å². The number of nitrogens with one attached hydrogen (secondary N) is 2. The average molecular weight is 620 g/mol. The average Bonchev–Trinajstić information content (AvgIpc) is 3.44. The SMILES string of the molecule is CC[C@@H](Nc1cc(F)c(C(=O)N[C@@H](Cc2ccc(-c3c(C)cc(C)n(C)c3=O)c3nccn23)C(=O)OC)c(F)c1)C(F)(F)F. The molecule has 3 aromatic heterocycles. The quantitative estimate of drug-likeness (QED) is 0.205. The number of esters is 1. The third-order valence-electron chi connectivity index (χ3n) is 7.39. The topological polar surface area (TPSA) is 107 Å². The van der Waals surface area contributed by atoms with Crippen LogP contribution in [0.15, 0.2) is 47.5 Å². The van der Waals surface area contributed by atoms with E-state index in [9.17, 15) is 36.3 Å². The number of fused-ring (bicyclic) bond motifs is 1. The molecule has 2 N–H and O–H groups in total. The minimum absolute atomic E-state index is 0.205. The molecule has 1 amide bonds. The Bertz CT molecular complexity index is 1770. The van der Waals surface area contributed by atoms with Gasteiger partial charge in [0.05, 0.1) is 12.7 Å². The van der Waals surface area contributed by atoms with Crippen LogP contribution in [-0.2, 0) is 23.0 Å². The molecular weight excluding hydrogens is 589 g/mol. The lowest BCUT2D eigenvalue weighted by Gasteiger charge is -2.22. The van der Waals surface area contributed by atoms with E-state index in [-0.39, 0.29) is 12.0 Å². The van der Waals surface area contributed by atoms with Gasteiger partial charge in [-0.15, -0.1) is 0 Å². The third-order valence-corrected chi connectivity index (χ3v) is 7.39. The van der Waals surface area contributed by atoms with Crippen LogP contribution in [0.4, 0.5) is 27.6 Å². The number of methoxy groups -OCH3 is 1. The summed E-state index contributed by atoms with van der Waals surface area (Å²) in [7, 11) is 2.72. The fourth-order valence-corrected chi connectivity index (χ4v) is 5.00. The van der Waals surface area contributed by atoms with Crippen molar-refractivity contribution in [2.24, 2.45) is 7.05 Å². The number of hydrogen-bond donors (Lipinski definition) is 2. The van der Waals surface area contributed by atoms with Gasteiger partial charge in [-0.05, 0) is 56.2 Å². The van der Waals surface area contributed by atoms with Crippen molar-refractivity contribution in [3.05, 3.63) is 87.2 Å². The van der Waals surface area contributed by atoms with Crippen molar-refractivity contribution in [1.29, 1.82) is 0 Å². The zero-order chi connectivity index (χ0) is 32.5. The zero-order valence-corrected chi connectivity index (χ0v) is 24.5. The second kappa shape index (κ2) is 12.5. The standard InChI is InChI=1S/C30H30F5N5O4/c1-6-23(30(33,34)35)37-17-12-20(31)25(21(32)13-17)27(41)38-22(29(43)44-5)14-18-7-8-19(26-36-9-10-40(18)26)24-15(2)11-16(3)39(4)28(24)42/h7-13,22-23,37H,6,14H2,1-5H3,(H,38,41)/t22-,23+/m0/s1. The van der Waals surface area contributed by atoms with Crippen LogP contribution in [0.2, 0.25) is 0 Å². The highest BCUT2D eigenvalue weighted by atomic mass is 19.4. The first kappa shape index (κ1) is 32.2. The van der Waals surface area contributed by atoms with E-state index in [0.717, 1.165) is 18.4 Å². The summed E-state index contributed by atoms with van der Waals surface area (Å²) in [6.07, 6.45) is -2.19. The molecule has 2 atom stereocenters. The number of nitrogens with zero attached hydrogens (tertiary/aromatic N) is 3. The molecule has 4 rings (SSSR count). The molecule has 14 heteroatoms. The molecule has 1 aromatic carbocycles. The van der Waals surface area contributed by atoms with Crippen molar-refractivity contribution in [2.75, 3.05) is 12.4 Å². The summed E-state index contributed by atoms with van der Waals surface area (Å²) in [6, 6.07) is 2.81. The van der Waals surface area contributed by atoms with Crippen LogP contribution >= 0.6 is 0 Å². The predicted octanol–water partition coefficient (Wildman–Crippen LogP) is 4.86. The molecule has 0 aliphatic heterocycles. The number of aryl methyl sites for hydroxylation is 2. The van der Waals surface area contributed by atoms with Gasteiger partial charge in [0.25, 0.3) is 11.5 Å². The van der Waals surface area contributed by atoms with Crippen molar-refractivity contribution >= 4 is 23.2 Å². The van der Waals surface area contributed by atoms with Gasteiger partial charge in [0.1, 0.15) is 34.9 Å². The number of rotatable bonds is 9. The normalized spacial score (nSPS) is 13.0. The summed E-state index contributed by atoms with van der Waals surface area (Å²) in [5, 5.41) is 4.28. The van der Waals surface area contributed by atoms with Gasteiger partial charge < -0.3 is 24.3 Å². The van der Waals surface area contributed by atoms with Crippen LogP contribution in [0, 0.1) is 25.5 Å². The largest absolute Gasteiger partial charge is 0.467 e. The number of halogens is 5. The fourth-order valence-electron chi connectivity index (χ4n) is 5.00. The van der Waals surface area contributed by atoms with E-state index in [1.807, 2.05) is 18.3 Å². The third kappa shape index (κ3) is 6.29. The Labute approximate surface area is 248 Å². The number of imidazole rings is 1. The van der Waals surface area contributed by atoms with Gasteiger partial charge in [-0.2, -0.15) is 13.2 Å². The molecule has 44 heavy (non-hydrogen) atoms. The number of pyridine rings is 2. The summed E-state index contributed by atoms with van der Waals surface area (Å²) >= 11 is 0. The number of alkyl halides is 3. The molecule has 3 heterocycles. The molecular formula is C30H30F5N5O4. The van der Waals surface area contributed by atoms with E-state index < -0.39 is 59.4 Å². The zero-order valence-electron chi connectivity index (χ0n) is 24.5. The van der Waals surface area contributed by atoms with E-state index in [4.69, 9.17) is 4.74 Å².